The molecule has 6 heteroatoms. The predicted molar refractivity (Wildman–Crippen MR) is 119 cm³/mol. The van der Waals surface area contributed by atoms with E-state index in [0.29, 0.717) is 11.1 Å². The minimum Gasteiger partial charge on any atom is -0.484 e. The Kier molecular flexibility index (Phi) is 4.28. The van der Waals surface area contributed by atoms with Gasteiger partial charge in [0.25, 0.3) is 11.5 Å². The number of hydrogen-bond acceptors (Lipinski definition) is 4. The van der Waals surface area contributed by atoms with Gasteiger partial charge in [0.1, 0.15) is 5.75 Å². The molecule has 0 bridgehead atoms. The maximum absolute atomic E-state index is 13.3. The van der Waals surface area contributed by atoms with E-state index in [4.69, 9.17) is 4.74 Å². The summed E-state index contributed by atoms with van der Waals surface area (Å²) in [5.41, 5.74) is 2.35. The van der Waals surface area contributed by atoms with Crippen molar-refractivity contribution in [1.82, 2.24) is 14.7 Å². The lowest BCUT2D eigenvalue weighted by Gasteiger charge is -2.12. The van der Waals surface area contributed by atoms with Gasteiger partial charge >= 0.3 is 0 Å². The van der Waals surface area contributed by atoms with Crippen molar-refractivity contribution >= 4 is 44.0 Å². The minimum absolute atomic E-state index is 0.0499. The fraction of sp³-hybridized carbons (Fsp3) is 0.208. The number of nitrogens with zero attached hydrogens (tertiary/aromatic N) is 2. The molecule has 5 rings (SSSR count). The van der Waals surface area contributed by atoms with E-state index in [1.54, 1.807) is 16.7 Å². The molecule has 6 nitrogen and oxygen atoms in total. The molecular weight excluding hydrogens is 378 g/mol. The third kappa shape index (κ3) is 2.76. The first-order valence-corrected chi connectivity index (χ1v) is 10.1. The summed E-state index contributed by atoms with van der Waals surface area (Å²) in [4.78, 5) is 29.9. The molecule has 0 fully saturated rings. The average molecular weight is 399 g/mol. The van der Waals surface area contributed by atoms with E-state index < -0.39 is 0 Å². The Morgan fingerprint density at radius 2 is 1.90 bits per heavy atom. The Morgan fingerprint density at radius 1 is 1.10 bits per heavy atom. The molecule has 1 N–H and O–H groups in total. The minimum atomic E-state index is -0.151. The van der Waals surface area contributed by atoms with Crippen LogP contribution in [0.1, 0.15) is 20.3 Å². The molecule has 0 aliphatic heterocycles. The van der Waals surface area contributed by atoms with Gasteiger partial charge in [0, 0.05) is 33.8 Å². The summed E-state index contributed by atoms with van der Waals surface area (Å²) >= 11 is 0. The molecule has 1 atom stereocenters. The van der Waals surface area contributed by atoms with Crippen molar-refractivity contribution in [1.29, 1.82) is 0 Å². The molecule has 0 radical (unpaired) electrons. The number of carbonyl (C=O) groups excluding carboxylic acids is 1. The summed E-state index contributed by atoms with van der Waals surface area (Å²) < 4.78 is 7.46. The van der Waals surface area contributed by atoms with Gasteiger partial charge < -0.3 is 10.1 Å². The van der Waals surface area contributed by atoms with Crippen molar-refractivity contribution in [3.05, 3.63) is 65.1 Å². The average Bonchev–Trinajstić information content (AvgIpc) is 3.11. The number of benzene rings is 2. The van der Waals surface area contributed by atoms with Crippen molar-refractivity contribution in [2.45, 2.75) is 26.3 Å². The maximum atomic E-state index is 13.3. The highest BCUT2D eigenvalue weighted by molar-refractivity contribution is 6.18. The Hall–Kier alpha value is -3.67. The zero-order valence-electron chi connectivity index (χ0n) is 16.8. The molecule has 1 amide bonds. The summed E-state index contributed by atoms with van der Waals surface area (Å²) in [7, 11) is 0. The highest BCUT2D eigenvalue weighted by Crippen LogP contribution is 2.34. The molecule has 0 aliphatic rings. The number of hydrogen-bond donors (Lipinski definition) is 1. The maximum Gasteiger partial charge on any atom is 0.263 e. The second-order valence-electron chi connectivity index (χ2n) is 7.59. The fourth-order valence-corrected chi connectivity index (χ4v) is 4.01. The smallest absolute Gasteiger partial charge is 0.263 e. The molecule has 3 aromatic heterocycles. The second-order valence-corrected chi connectivity index (χ2v) is 7.59. The van der Waals surface area contributed by atoms with E-state index >= 15 is 0 Å². The summed E-state index contributed by atoms with van der Waals surface area (Å²) in [6, 6.07) is 15.1. The van der Waals surface area contributed by atoms with Crippen LogP contribution >= 0.6 is 0 Å². The number of fused-ring (bicyclic) bond motifs is 5. The first-order valence-electron chi connectivity index (χ1n) is 10.1. The Balaban J connectivity index is 1.65. The third-order valence-corrected chi connectivity index (χ3v) is 5.65. The van der Waals surface area contributed by atoms with Crippen molar-refractivity contribution in [2.75, 3.05) is 6.61 Å². The van der Waals surface area contributed by atoms with Crippen LogP contribution in [-0.2, 0) is 4.79 Å². The molecule has 0 saturated carbocycles. The van der Waals surface area contributed by atoms with Crippen LogP contribution in [0.2, 0.25) is 0 Å². The zero-order chi connectivity index (χ0) is 20.8. The third-order valence-electron chi connectivity index (χ3n) is 5.65. The largest absolute Gasteiger partial charge is 0.484 e. The molecule has 0 spiro atoms. The van der Waals surface area contributed by atoms with Crippen molar-refractivity contribution in [2.24, 2.45) is 0 Å². The van der Waals surface area contributed by atoms with E-state index in [1.165, 1.54) is 0 Å². The van der Waals surface area contributed by atoms with Crippen LogP contribution in [0.3, 0.4) is 0 Å². The molecule has 30 heavy (non-hydrogen) atoms. The molecule has 0 unspecified atom stereocenters. The number of pyridine rings is 2. The standard InChI is InChI=1S/C24H21N3O3/c1-3-14(2)26-21(28)13-30-15-8-9-20-19(12-15)17-10-11-25-22-16-6-4-5-7-18(16)24(29)27(20)23(17)22/h4-12,14H,3,13H2,1-2H3,(H,26,28)/t14-/m1/s1. The number of rotatable bonds is 5. The molecule has 150 valence electrons. The first-order chi connectivity index (χ1) is 14.6. The van der Waals surface area contributed by atoms with Crippen molar-refractivity contribution in [3.63, 3.8) is 0 Å². The van der Waals surface area contributed by atoms with Crippen LogP contribution in [0.4, 0.5) is 0 Å². The lowest BCUT2D eigenvalue weighted by molar-refractivity contribution is -0.123. The molecule has 0 aliphatic carbocycles. The lowest BCUT2D eigenvalue weighted by Crippen LogP contribution is -2.35. The molecule has 0 saturated heterocycles. The van der Waals surface area contributed by atoms with Crippen molar-refractivity contribution < 1.29 is 9.53 Å². The molecule has 3 heterocycles. The van der Waals surface area contributed by atoms with Crippen LogP contribution in [0.25, 0.3) is 38.1 Å². The number of amides is 1. The predicted octanol–water partition coefficient (Wildman–Crippen LogP) is 3.89. The summed E-state index contributed by atoms with van der Waals surface area (Å²) in [6.07, 6.45) is 2.63. The molecule has 2 aromatic carbocycles. The van der Waals surface area contributed by atoms with Gasteiger partial charge in [-0.25, -0.2) is 0 Å². The molecular formula is C24H21N3O3. The summed E-state index contributed by atoms with van der Waals surface area (Å²) in [5, 5.41) is 6.22. The second kappa shape index (κ2) is 6.99. The van der Waals surface area contributed by atoms with Crippen LogP contribution in [0.15, 0.2) is 59.5 Å². The lowest BCUT2D eigenvalue weighted by atomic mass is 10.1. The van der Waals surface area contributed by atoms with E-state index in [0.717, 1.165) is 39.1 Å². The highest BCUT2D eigenvalue weighted by atomic mass is 16.5. The monoisotopic (exact) mass is 399 g/mol. The number of carbonyl (C=O) groups is 1. The van der Waals surface area contributed by atoms with Crippen LogP contribution in [0.5, 0.6) is 5.75 Å². The van der Waals surface area contributed by atoms with Crippen molar-refractivity contribution in [3.8, 4) is 5.75 Å². The highest BCUT2D eigenvalue weighted by Gasteiger charge is 2.18. The SMILES string of the molecule is CC[C@@H](C)NC(=O)COc1ccc2c(c1)c1ccnc3c4ccccc4c(=O)n2c13. The van der Waals surface area contributed by atoms with Crippen LogP contribution in [-0.4, -0.2) is 27.9 Å². The van der Waals surface area contributed by atoms with E-state index in [2.05, 4.69) is 10.3 Å². The van der Waals surface area contributed by atoms with Gasteiger partial charge in [0.15, 0.2) is 6.61 Å². The number of ether oxygens (including phenoxy) is 1. The van der Waals surface area contributed by atoms with Gasteiger partial charge in [-0.3, -0.25) is 19.0 Å². The van der Waals surface area contributed by atoms with E-state index in [9.17, 15) is 9.59 Å². The number of aromatic nitrogens is 2. The normalized spacial score (nSPS) is 12.7. The Bertz CT molecular complexity index is 1470. The quantitative estimate of drug-likeness (QED) is 0.455. The molecule has 5 aromatic rings. The Morgan fingerprint density at radius 3 is 2.70 bits per heavy atom. The van der Waals surface area contributed by atoms with Gasteiger partial charge in [0.05, 0.1) is 16.6 Å². The van der Waals surface area contributed by atoms with Gasteiger partial charge in [-0.05, 0) is 43.7 Å². The summed E-state index contributed by atoms with van der Waals surface area (Å²) in [6.45, 7) is 3.93. The van der Waals surface area contributed by atoms with E-state index in [1.807, 2.05) is 56.3 Å². The Labute approximate surface area is 172 Å². The fourth-order valence-electron chi connectivity index (χ4n) is 4.01. The van der Waals surface area contributed by atoms with Gasteiger partial charge in [0.2, 0.25) is 0 Å². The van der Waals surface area contributed by atoms with Gasteiger partial charge in [-0.2, -0.15) is 0 Å². The summed E-state index contributed by atoms with van der Waals surface area (Å²) in [5.74, 6) is 0.435. The van der Waals surface area contributed by atoms with Crippen LogP contribution in [0, 0.1) is 0 Å². The topological polar surface area (TPSA) is 72.7 Å². The van der Waals surface area contributed by atoms with Gasteiger partial charge in [-0.15, -0.1) is 0 Å². The van der Waals surface area contributed by atoms with E-state index in [-0.39, 0.29) is 24.1 Å². The zero-order valence-corrected chi connectivity index (χ0v) is 16.8. The van der Waals surface area contributed by atoms with Crippen LogP contribution < -0.4 is 15.6 Å². The van der Waals surface area contributed by atoms with Gasteiger partial charge in [-0.1, -0.05) is 25.1 Å². The first kappa shape index (κ1) is 18.4. The number of nitrogens with one attached hydrogen (secondary N) is 1.